The van der Waals surface area contributed by atoms with Gasteiger partial charge in [0.1, 0.15) is 0 Å². The van der Waals surface area contributed by atoms with E-state index in [1.807, 2.05) is 19.9 Å². The lowest BCUT2D eigenvalue weighted by molar-refractivity contribution is 0.204. The summed E-state index contributed by atoms with van der Waals surface area (Å²) in [5.41, 5.74) is 0. The molecule has 1 aromatic carbocycles. The molecule has 94 valence electrons. The molecule has 0 N–H and O–H groups in total. The minimum Gasteiger partial charge on any atom is -0.207 e. The van der Waals surface area contributed by atoms with E-state index in [4.69, 9.17) is 0 Å². The van der Waals surface area contributed by atoms with Crippen molar-refractivity contribution in [3.05, 3.63) is 30.3 Å². The number of piperidine rings is 1. The predicted molar refractivity (Wildman–Crippen MR) is 68.2 cm³/mol. The fourth-order valence-electron chi connectivity index (χ4n) is 2.59. The average molecular weight is 253 g/mol. The van der Waals surface area contributed by atoms with Crippen molar-refractivity contribution < 1.29 is 8.42 Å². The maximum atomic E-state index is 12.5. The van der Waals surface area contributed by atoms with Crippen LogP contribution in [0.15, 0.2) is 35.2 Å². The van der Waals surface area contributed by atoms with Crippen molar-refractivity contribution in [1.82, 2.24) is 4.31 Å². The molecule has 0 saturated carbocycles. The quantitative estimate of drug-likeness (QED) is 0.812. The molecule has 0 aliphatic carbocycles. The summed E-state index contributed by atoms with van der Waals surface area (Å²) in [5.74, 6) is 0. The van der Waals surface area contributed by atoms with E-state index in [-0.39, 0.29) is 12.1 Å². The normalized spacial score (nSPS) is 26.9. The third kappa shape index (κ3) is 2.38. The van der Waals surface area contributed by atoms with E-state index in [0.29, 0.717) is 4.90 Å². The first-order valence-electron chi connectivity index (χ1n) is 6.12. The average Bonchev–Trinajstić information content (AvgIpc) is 2.29. The van der Waals surface area contributed by atoms with E-state index in [2.05, 4.69) is 0 Å². The van der Waals surface area contributed by atoms with Crippen LogP contribution in [0.3, 0.4) is 0 Å². The van der Waals surface area contributed by atoms with Crippen LogP contribution in [0.25, 0.3) is 0 Å². The van der Waals surface area contributed by atoms with Crippen LogP contribution in [-0.4, -0.2) is 24.8 Å². The highest BCUT2D eigenvalue weighted by atomic mass is 32.2. The summed E-state index contributed by atoms with van der Waals surface area (Å²) in [6.45, 7) is 3.99. The Morgan fingerprint density at radius 3 is 2.12 bits per heavy atom. The van der Waals surface area contributed by atoms with Crippen molar-refractivity contribution in [1.29, 1.82) is 0 Å². The van der Waals surface area contributed by atoms with Gasteiger partial charge in [0.15, 0.2) is 0 Å². The van der Waals surface area contributed by atoms with Gasteiger partial charge in [-0.2, -0.15) is 4.31 Å². The second kappa shape index (κ2) is 4.78. The number of benzene rings is 1. The van der Waals surface area contributed by atoms with Crippen LogP contribution in [0.4, 0.5) is 0 Å². The van der Waals surface area contributed by atoms with Crippen LogP contribution in [0.1, 0.15) is 33.1 Å². The standard InChI is InChI=1S/C13H19NO2S/c1-11-7-6-8-12(2)14(11)17(15,16)13-9-4-3-5-10-13/h3-5,9-12H,6-8H2,1-2H3/t11-,12-/m1/s1. The second-order valence-corrected chi connectivity index (χ2v) is 6.62. The molecule has 0 radical (unpaired) electrons. The third-order valence-corrected chi connectivity index (χ3v) is 5.57. The van der Waals surface area contributed by atoms with E-state index in [0.717, 1.165) is 19.3 Å². The number of hydrogen-bond donors (Lipinski definition) is 0. The van der Waals surface area contributed by atoms with Crippen molar-refractivity contribution >= 4 is 10.0 Å². The molecule has 17 heavy (non-hydrogen) atoms. The highest BCUT2D eigenvalue weighted by Gasteiger charge is 2.35. The molecule has 1 fully saturated rings. The SMILES string of the molecule is C[C@@H]1CCC[C@@H](C)N1S(=O)(=O)c1ccccc1. The Bertz CT molecular complexity index is 459. The van der Waals surface area contributed by atoms with Crippen molar-refractivity contribution in [2.24, 2.45) is 0 Å². The van der Waals surface area contributed by atoms with Gasteiger partial charge in [-0.15, -0.1) is 0 Å². The molecule has 1 aliphatic rings. The Kier molecular flexibility index (Phi) is 3.54. The molecule has 2 rings (SSSR count). The van der Waals surface area contributed by atoms with Gasteiger partial charge >= 0.3 is 0 Å². The molecular weight excluding hydrogens is 234 g/mol. The molecule has 1 aromatic rings. The zero-order valence-electron chi connectivity index (χ0n) is 10.3. The van der Waals surface area contributed by atoms with Gasteiger partial charge in [-0.05, 0) is 38.8 Å². The van der Waals surface area contributed by atoms with Crippen LogP contribution >= 0.6 is 0 Å². The van der Waals surface area contributed by atoms with E-state index in [1.165, 1.54) is 0 Å². The monoisotopic (exact) mass is 253 g/mol. The van der Waals surface area contributed by atoms with Crippen LogP contribution in [-0.2, 0) is 10.0 Å². The van der Waals surface area contributed by atoms with Gasteiger partial charge < -0.3 is 0 Å². The third-order valence-electron chi connectivity index (χ3n) is 3.43. The van der Waals surface area contributed by atoms with Gasteiger partial charge in [0.2, 0.25) is 10.0 Å². The topological polar surface area (TPSA) is 37.4 Å². The van der Waals surface area contributed by atoms with Gasteiger partial charge in [-0.1, -0.05) is 24.6 Å². The summed E-state index contributed by atoms with van der Waals surface area (Å²) in [6, 6.07) is 8.92. The van der Waals surface area contributed by atoms with Gasteiger partial charge in [0, 0.05) is 12.1 Å². The molecule has 0 spiro atoms. The number of sulfonamides is 1. The van der Waals surface area contributed by atoms with Crippen molar-refractivity contribution in [3.8, 4) is 0 Å². The van der Waals surface area contributed by atoms with Crippen molar-refractivity contribution in [3.63, 3.8) is 0 Å². The number of rotatable bonds is 2. The molecule has 2 atom stereocenters. The lowest BCUT2D eigenvalue weighted by Crippen LogP contribution is -2.47. The smallest absolute Gasteiger partial charge is 0.207 e. The molecule has 0 unspecified atom stereocenters. The number of hydrogen-bond acceptors (Lipinski definition) is 2. The molecular formula is C13H19NO2S. The Labute approximate surface area is 104 Å². The van der Waals surface area contributed by atoms with Crippen molar-refractivity contribution in [2.75, 3.05) is 0 Å². The van der Waals surface area contributed by atoms with Crippen LogP contribution in [0.5, 0.6) is 0 Å². The van der Waals surface area contributed by atoms with Crippen LogP contribution < -0.4 is 0 Å². The van der Waals surface area contributed by atoms with Crippen LogP contribution in [0, 0.1) is 0 Å². The second-order valence-electron chi connectivity index (χ2n) is 4.78. The summed E-state index contributed by atoms with van der Waals surface area (Å²) in [7, 11) is -3.33. The minimum atomic E-state index is -3.33. The zero-order chi connectivity index (χ0) is 12.5. The molecule has 0 amide bonds. The lowest BCUT2D eigenvalue weighted by Gasteiger charge is -2.37. The summed E-state index contributed by atoms with van der Waals surface area (Å²) in [4.78, 5) is 0.403. The first-order valence-corrected chi connectivity index (χ1v) is 7.56. The molecule has 0 aromatic heterocycles. The molecule has 1 aliphatic heterocycles. The zero-order valence-corrected chi connectivity index (χ0v) is 11.2. The van der Waals surface area contributed by atoms with Gasteiger partial charge in [0.05, 0.1) is 4.90 Å². The van der Waals surface area contributed by atoms with Crippen LogP contribution in [0.2, 0.25) is 0 Å². The highest BCUT2D eigenvalue weighted by molar-refractivity contribution is 7.89. The molecule has 1 saturated heterocycles. The molecule has 1 heterocycles. The van der Waals surface area contributed by atoms with Gasteiger partial charge in [0.25, 0.3) is 0 Å². The Morgan fingerprint density at radius 1 is 1.06 bits per heavy atom. The first kappa shape index (κ1) is 12.6. The maximum Gasteiger partial charge on any atom is 0.243 e. The Balaban J connectivity index is 2.38. The van der Waals surface area contributed by atoms with E-state index in [1.54, 1.807) is 28.6 Å². The molecule has 0 bridgehead atoms. The molecule has 4 heteroatoms. The van der Waals surface area contributed by atoms with E-state index >= 15 is 0 Å². The Hall–Kier alpha value is -0.870. The Morgan fingerprint density at radius 2 is 1.59 bits per heavy atom. The fourth-order valence-corrected chi connectivity index (χ4v) is 4.49. The minimum absolute atomic E-state index is 0.101. The fraction of sp³-hybridized carbons (Fsp3) is 0.538. The largest absolute Gasteiger partial charge is 0.243 e. The lowest BCUT2D eigenvalue weighted by atomic mass is 10.0. The maximum absolute atomic E-state index is 12.5. The summed E-state index contributed by atoms with van der Waals surface area (Å²) >= 11 is 0. The van der Waals surface area contributed by atoms with Gasteiger partial charge in [-0.25, -0.2) is 8.42 Å². The van der Waals surface area contributed by atoms with E-state index < -0.39 is 10.0 Å². The van der Waals surface area contributed by atoms with E-state index in [9.17, 15) is 8.42 Å². The van der Waals surface area contributed by atoms with Gasteiger partial charge in [-0.3, -0.25) is 0 Å². The molecule has 3 nitrogen and oxygen atoms in total. The summed E-state index contributed by atoms with van der Waals surface area (Å²) < 4.78 is 26.7. The van der Waals surface area contributed by atoms with Crippen molar-refractivity contribution in [2.45, 2.75) is 50.1 Å². The summed E-state index contributed by atoms with van der Waals surface area (Å²) in [5, 5.41) is 0. The highest BCUT2D eigenvalue weighted by Crippen LogP contribution is 2.29. The first-order chi connectivity index (χ1) is 8.03. The number of nitrogens with zero attached hydrogens (tertiary/aromatic N) is 1. The summed E-state index contributed by atoms with van der Waals surface area (Å²) in [6.07, 6.45) is 3.02. The predicted octanol–water partition coefficient (Wildman–Crippen LogP) is 2.64.